The Kier molecular flexibility index (Phi) is 3.52. The van der Waals surface area contributed by atoms with Gasteiger partial charge in [-0.05, 0) is 31.8 Å². The van der Waals surface area contributed by atoms with Gasteiger partial charge in [0.1, 0.15) is 11.5 Å². The highest BCUT2D eigenvalue weighted by molar-refractivity contribution is 6.70. The van der Waals surface area contributed by atoms with Crippen molar-refractivity contribution < 1.29 is 14.0 Å². The van der Waals surface area contributed by atoms with Crippen LogP contribution in [0.15, 0.2) is 18.2 Å². The van der Waals surface area contributed by atoms with E-state index >= 15 is 0 Å². The second kappa shape index (κ2) is 4.48. The van der Waals surface area contributed by atoms with Crippen molar-refractivity contribution in [2.45, 2.75) is 19.6 Å². The van der Waals surface area contributed by atoms with Crippen LogP contribution in [0, 0.1) is 0 Å². The summed E-state index contributed by atoms with van der Waals surface area (Å²) in [5, 5.41) is 0. The van der Waals surface area contributed by atoms with E-state index in [2.05, 4.69) is 19.6 Å². The summed E-state index contributed by atoms with van der Waals surface area (Å²) in [7, 11) is -0.0629. The number of hydrogen-bond donors (Lipinski definition) is 0. The summed E-state index contributed by atoms with van der Waals surface area (Å²) in [6.45, 7) is 6.31. The normalized spacial score (nSPS) is 10.9. The Labute approximate surface area is 91.1 Å². The SMILES string of the molecule is COc1cc(O[Si](C)(C)C)ccc1C=O. The molecule has 1 aromatic rings. The summed E-state index contributed by atoms with van der Waals surface area (Å²) < 4.78 is 10.9. The summed E-state index contributed by atoms with van der Waals surface area (Å²) in [5.74, 6) is 1.32. The van der Waals surface area contributed by atoms with Gasteiger partial charge in [0.05, 0.1) is 12.7 Å². The molecule has 82 valence electrons. The first-order valence-corrected chi connectivity index (χ1v) is 8.19. The maximum Gasteiger partial charge on any atom is 0.242 e. The summed E-state index contributed by atoms with van der Waals surface area (Å²) in [5.41, 5.74) is 0.542. The van der Waals surface area contributed by atoms with Gasteiger partial charge in [0.2, 0.25) is 8.32 Å². The van der Waals surface area contributed by atoms with Crippen molar-refractivity contribution in [3.05, 3.63) is 23.8 Å². The molecule has 0 N–H and O–H groups in total. The zero-order chi connectivity index (χ0) is 11.5. The molecule has 0 spiro atoms. The molecule has 3 nitrogen and oxygen atoms in total. The first-order valence-electron chi connectivity index (χ1n) is 4.78. The van der Waals surface area contributed by atoms with Gasteiger partial charge in [-0.1, -0.05) is 0 Å². The average molecular weight is 224 g/mol. The summed E-state index contributed by atoms with van der Waals surface area (Å²) in [4.78, 5) is 10.7. The number of aldehydes is 1. The third-order valence-electron chi connectivity index (χ3n) is 1.76. The zero-order valence-corrected chi connectivity index (χ0v) is 10.5. The van der Waals surface area contributed by atoms with Crippen molar-refractivity contribution in [3.63, 3.8) is 0 Å². The van der Waals surface area contributed by atoms with E-state index in [9.17, 15) is 4.79 Å². The number of benzene rings is 1. The molecular formula is C11H16O3Si. The monoisotopic (exact) mass is 224 g/mol. The van der Waals surface area contributed by atoms with Crippen molar-refractivity contribution >= 4 is 14.6 Å². The molecule has 0 bridgehead atoms. The van der Waals surface area contributed by atoms with Crippen molar-refractivity contribution in [1.29, 1.82) is 0 Å². The molecule has 0 aliphatic carbocycles. The molecule has 0 radical (unpaired) electrons. The lowest BCUT2D eigenvalue weighted by atomic mass is 10.2. The Hall–Kier alpha value is -1.29. The van der Waals surface area contributed by atoms with Crippen LogP contribution < -0.4 is 9.16 Å². The van der Waals surface area contributed by atoms with Crippen LogP contribution in [0.3, 0.4) is 0 Å². The van der Waals surface area contributed by atoms with Gasteiger partial charge >= 0.3 is 0 Å². The quantitative estimate of drug-likeness (QED) is 0.582. The minimum Gasteiger partial charge on any atom is -0.544 e. The number of ether oxygens (including phenoxy) is 1. The lowest BCUT2D eigenvalue weighted by Gasteiger charge is -2.19. The van der Waals surface area contributed by atoms with Crippen LogP contribution in [-0.4, -0.2) is 21.7 Å². The number of carbonyl (C=O) groups excluding carboxylic acids is 1. The van der Waals surface area contributed by atoms with Crippen molar-refractivity contribution in [2.75, 3.05) is 7.11 Å². The average Bonchev–Trinajstić information content (AvgIpc) is 2.15. The fourth-order valence-corrected chi connectivity index (χ4v) is 2.04. The Morgan fingerprint density at radius 3 is 2.40 bits per heavy atom. The first-order chi connectivity index (χ1) is 6.96. The predicted octanol–water partition coefficient (Wildman–Crippen LogP) is 2.72. The van der Waals surface area contributed by atoms with Gasteiger partial charge in [0, 0.05) is 6.07 Å². The molecule has 0 unspecified atom stereocenters. The van der Waals surface area contributed by atoms with E-state index in [1.807, 2.05) is 0 Å². The maximum atomic E-state index is 10.7. The van der Waals surface area contributed by atoms with E-state index in [1.165, 1.54) is 0 Å². The standard InChI is InChI=1S/C11H16O3Si/c1-13-11-7-10(14-15(2,3)4)6-5-9(11)8-12/h5-8H,1-4H3. The number of rotatable bonds is 4. The molecule has 4 heteroatoms. The van der Waals surface area contributed by atoms with Gasteiger partial charge in [-0.25, -0.2) is 0 Å². The maximum absolute atomic E-state index is 10.7. The highest BCUT2D eigenvalue weighted by Crippen LogP contribution is 2.25. The van der Waals surface area contributed by atoms with Crippen molar-refractivity contribution in [2.24, 2.45) is 0 Å². The Balaban J connectivity index is 2.98. The van der Waals surface area contributed by atoms with Crippen LogP contribution in [0.5, 0.6) is 11.5 Å². The third-order valence-corrected chi connectivity index (χ3v) is 2.60. The fraction of sp³-hybridized carbons (Fsp3) is 0.364. The van der Waals surface area contributed by atoms with Crippen LogP contribution in [0.2, 0.25) is 19.6 Å². The van der Waals surface area contributed by atoms with E-state index < -0.39 is 8.32 Å². The Bertz CT molecular complexity index is 355. The van der Waals surface area contributed by atoms with Crippen LogP contribution >= 0.6 is 0 Å². The minimum absolute atomic E-state index is 0.542. The van der Waals surface area contributed by atoms with E-state index in [-0.39, 0.29) is 0 Å². The molecule has 1 aromatic carbocycles. The molecule has 0 saturated heterocycles. The van der Waals surface area contributed by atoms with Gasteiger partial charge in [-0.2, -0.15) is 0 Å². The van der Waals surface area contributed by atoms with E-state index in [1.54, 1.807) is 25.3 Å². The van der Waals surface area contributed by atoms with Crippen LogP contribution in [0.4, 0.5) is 0 Å². The van der Waals surface area contributed by atoms with Crippen LogP contribution in [-0.2, 0) is 0 Å². The van der Waals surface area contributed by atoms with E-state index in [4.69, 9.17) is 9.16 Å². The predicted molar refractivity (Wildman–Crippen MR) is 62.4 cm³/mol. The van der Waals surface area contributed by atoms with Crippen molar-refractivity contribution in [1.82, 2.24) is 0 Å². The number of methoxy groups -OCH3 is 1. The molecule has 0 aliphatic heterocycles. The topological polar surface area (TPSA) is 35.5 Å². The lowest BCUT2D eigenvalue weighted by molar-refractivity contribution is 0.112. The highest BCUT2D eigenvalue weighted by atomic mass is 28.4. The molecule has 1 rings (SSSR count). The summed E-state index contributed by atoms with van der Waals surface area (Å²) in [6.07, 6.45) is 0.775. The van der Waals surface area contributed by atoms with Gasteiger partial charge in [-0.3, -0.25) is 4.79 Å². The number of hydrogen-bond acceptors (Lipinski definition) is 3. The summed E-state index contributed by atoms with van der Waals surface area (Å²) in [6, 6.07) is 5.26. The van der Waals surface area contributed by atoms with Gasteiger partial charge in [0.15, 0.2) is 6.29 Å². The molecule has 0 aliphatic rings. The van der Waals surface area contributed by atoms with Crippen LogP contribution in [0.1, 0.15) is 10.4 Å². The zero-order valence-electron chi connectivity index (χ0n) is 9.53. The molecule has 0 saturated carbocycles. The first kappa shape index (κ1) is 11.8. The van der Waals surface area contributed by atoms with E-state index in [0.29, 0.717) is 11.3 Å². The van der Waals surface area contributed by atoms with Crippen molar-refractivity contribution in [3.8, 4) is 11.5 Å². The molecular weight excluding hydrogens is 208 g/mol. The molecule has 0 atom stereocenters. The Morgan fingerprint density at radius 1 is 1.27 bits per heavy atom. The molecule has 0 fully saturated rings. The molecule has 15 heavy (non-hydrogen) atoms. The van der Waals surface area contributed by atoms with E-state index in [0.717, 1.165) is 12.0 Å². The Morgan fingerprint density at radius 2 is 1.93 bits per heavy atom. The molecule has 0 heterocycles. The largest absolute Gasteiger partial charge is 0.544 e. The second-order valence-corrected chi connectivity index (χ2v) is 8.66. The van der Waals surface area contributed by atoms with Gasteiger partial charge in [-0.15, -0.1) is 0 Å². The summed E-state index contributed by atoms with van der Waals surface area (Å²) >= 11 is 0. The minimum atomic E-state index is -1.61. The second-order valence-electron chi connectivity index (χ2n) is 4.24. The lowest BCUT2D eigenvalue weighted by Crippen LogP contribution is -2.29. The fourth-order valence-electron chi connectivity index (χ4n) is 1.21. The highest BCUT2D eigenvalue weighted by Gasteiger charge is 2.16. The molecule has 0 aromatic heterocycles. The smallest absolute Gasteiger partial charge is 0.242 e. The van der Waals surface area contributed by atoms with Gasteiger partial charge in [0.25, 0.3) is 0 Å². The molecule has 0 amide bonds. The third kappa shape index (κ3) is 3.40. The number of carbonyl (C=O) groups is 1. The van der Waals surface area contributed by atoms with Gasteiger partial charge < -0.3 is 9.16 Å². The van der Waals surface area contributed by atoms with Crippen LogP contribution in [0.25, 0.3) is 0 Å².